The maximum atomic E-state index is 12.5. The molecule has 2 aliphatic rings. The topological polar surface area (TPSA) is 63.7 Å². The lowest BCUT2D eigenvalue weighted by Crippen LogP contribution is -2.59. The Hall–Kier alpha value is -1.50. The summed E-state index contributed by atoms with van der Waals surface area (Å²) in [6.07, 6.45) is 4.80. The number of pyridine rings is 1. The van der Waals surface area contributed by atoms with E-state index in [1.165, 1.54) is 0 Å². The van der Waals surface area contributed by atoms with Crippen molar-refractivity contribution in [3.05, 3.63) is 30.1 Å². The van der Waals surface area contributed by atoms with E-state index < -0.39 is 5.60 Å². The van der Waals surface area contributed by atoms with Crippen LogP contribution in [0.4, 0.5) is 0 Å². The van der Waals surface area contributed by atoms with Crippen molar-refractivity contribution in [2.75, 3.05) is 46.0 Å². The summed E-state index contributed by atoms with van der Waals surface area (Å²) >= 11 is 0. The summed E-state index contributed by atoms with van der Waals surface area (Å²) in [4.78, 5) is 18.5. The van der Waals surface area contributed by atoms with E-state index in [2.05, 4.69) is 10.3 Å². The number of aryl methyl sites for hydroxylation is 1. The summed E-state index contributed by atoms with van der Waals surface area (Å²) in [5.74, 6) is 0.177. The van der Waals surface area contributed by atoms with Crippen LogP contribution in [0.25, 0.3) is 0 Å². The minimum atomic E-state index is -0.390. The van der Waals surface area contributed by atoms with Crippen molar-refractivity contribution >= 4 is 5.91 Å². The molecule has 22 heavy (non-hydrogen) atoms. The molecule has 1 aromatic heterocycles. The van der Waals surface area contributed by atoms with Gasteiger partial charge in [-0.05, 0) is 18.1 Å². The molecule has 1 spiro atoms. The van der Waals surface area contributed by atoms with Crippen LogP contribution in [0, 0.1) is 0 Å². The number of carbonyl (C=O) groups is 1. The Morgan fingerprint density at radius 2 is 2.41 bits per heavy atom. The predicted octanol–water partition coefficient (Wildman–Crippen LogP) is 0.232. The van der Waals surface area contributed by atoms with E-state index in [1.54, 1.807) is 6.20 Å². The number of rotatable bonds is 3. The molecule has 6 heteroatoms. The Labute approximate surface area is 130 Å². The smallest absolute Gasteiger partial charge is 0.223 e. The van der Waals surface area contributed by atoms with Crippen molar-refractivity contribution in [1.82, 2.24) is 15.2 Å². The number of morpholine rings is 1. The minimum Gasteiger partial charge on any atom is -0.377 e. The molecule has 2 fully saturated rings. The number of nitrogens with zero attached hydrogens (tertiary/aromatic N) is 2. The van der Waals surface area contributed by atoms with E-state index in [9.17, 15) is 4.79 Å². The van der Waals surface area contributed by atoms with Crippen LogP contribution in [0.3, 0.4) is 0 Å². The lowest BCUT2D eigenvalue weighted by Gasteiger charge is -2.41. The number of amides is 1. The molecule has 120 valence electrons. The van der Waals surface area contributed by atoms with Gasteiger partial charge in [-0.15, -0.1) is 0 Å². The molecule has 2 saturated heterocycles. The van der Waals surface area contributed by atoms with Crippen molar-refractivity contribution in [2.45, 2.75) is 18.4 Å². The van der Waals surface area contributed by atoms with Gasteiger partial charge in [0.05, 0.1) is 26.4 Å². The van der Waals surface area contributed by atoms with Gasteiger partial charge >= 0.3 is 0 Å². The molecule has 2 aliphatic heterocycles. The highest BCUT2D eigenvalue weighted by Gasteiger charge is 2.39. The molecule has 0 aromatic carbocycles. The van der Waals surface area contributed by atoms with Crippen LogP contribution < -0.4 is 5.32 Å². The second-order valence-corrected chi connectivity index (χ2v) is 5.94. The molecular weight excluding hydrogens is 282 g/mol. The quantitative estimate of drug-likeness (QED) is 0.866. The molecule has 0 bridgehead atoms. The number of aromatic nitrogens is 1. The van der Waals surface area contributed by atoms with Gasteiger partial charge in [0.1, 0.15) is 5.60 Å². The van der Waals surface area contributed by atoms with Gasteiger partial charge in [-0.3, -0.25) is 9.78 Å². The number of carbonyl (C=O) groups excluding carboxylic acids is 1. The summed E-state index contributed by atoms with van der Waals surface area (Å²) in [6.45, 7) is 4.65. The normalized spacial score (nSPS) is 25.9. The summed E-state index contributed by atoms with van der Waals surface area (Å²) in [5, 5.41) is 3.33. The third-order valence-electron chi connectivity index (χ3n) is 4.19. The average molecular weight is 305 g/mol. The molecule has 6 nitrogen and oxygen atoms in total. The number of hydrogen-bond acceptors (Lipinski definition) is 5. The lowest BCUT2D eigenvalue weighted by molar-refractivity contribution is -0.158. The van der Waals surface area contributed by atoms with Gasteiger partial charge in [0, 0.05) is 38.4 Å². The van der Waals surface area contributed by atoms with Crippen LogP contribution in [0.5, 0.6) is 0 Å². The van der Waals surface area contributed by atoms with Gasteiger partial charge in [-0.25, -0.2) is 0 Å². The second-order valence-electron chi connectivity index (χ2n) is 5.94. The van der Waals surface area contributed by atoms with Crippen LogP contribution in [-0.4, -0.2) is 67.4 Å². The highest BCUT2D eigenvalue weighted by molar-refractivity contribution is 5.76. The van der Waals surface area contributed by atoms with Gasteiger partial charge < -0.3 is 19.7 Å². The van der Waals surface area contributed by atoms with E-state index in [0.29, 0.717) is 39.3 Å². The van der Waals surface area contributed by atoms with E-state index in [1.807, 2.05) is 23.2 Å². The van der Waals surface area contributed by atoms with E-state index >= 15 is 0 Å². The standard InChI is InChI=1S/C16H23N3O3/c20-15(4-3-14-2-1-5-17-10-14)19-7-9-22-16(12-19)11-18-6-8-21-13-16/h1-2,5,10,18H,3-4,6-9,11-13H2/t16-/m1/s1. The summed E-state index contributed by atoms with van der Waals surface area (Å²) in [7, 11) is 0. The number of ether oxygens (including phenoxy) is 2. The third-order valence-corrected chi connectivity index (χ3v) is 4.19. The first-order valence-corrected chi connectivity index (χ1v) is 7.87. The SMILES string of the molecule is O=C(CCc1cccnc1)N1CCO[C@]2(CNCCOC2)C1. The Morgan fingerprint density at radius 3 is 3.27 bits per heavy atom. The van der Waals surface area contributed by atoms with Crippen molar-refractivity contribution in [1.29, 1.82) is 0 Å². The van der Waals surface area contributed by atoms with Crippen LogP contribution in [0.1, 0.15) is 12.0 Å². The van der Waals surface area contributed by atoms with Crippen molar-refractivity contribution in [2.24, 2.45) is 0 Å². The fourth-order valence-electron chi connectivity index (χ4n) is 2.98. The first-order valence-electron chi connectivity index (χ1n) is 7.87. The van der Waals surface area contributed by atoms with Crippen molar-refractivity contribution < 1.29 is 14.3 Å². The first kappa shape index (κ1) is 15.4. The Balaban J connectivity index is 1.55. The fourth-order valence-corrected chi connectivity index (χ4v) is 2.98. The van der Waals surface area contributed by atoms with E-state index in [0.717, 1.165) is 25.1 Å². The monoisotopic (exact) mass is 305 g/mol. The zero-order chi connectivity index (χ0) is 15.3. The highest BCUT2D eigenvalue weighted by Crippen LogP contribution is 2.20. The van der Waals surface area contributed by atoms with E-state index in [4.69, 9.17) is 9.47 Å². The van der Waals surface area contributed by atoms with Crippen LogP contribution in [0.15, 0.2) is 24.5 Å². The van der Waals surface area contributed by atoms with Gasteiger partial charge in [0.25, 0.3) is 0 Å². The van der Waals surface area contributed by atoms with E-state index in [-0.39, 0.29) is 5.91 Å². The maximum Gasteiger partial charge on any atom is 0.223 e. The molecule has 0 radical (unpaired) electrons. The summed E-state index contributed by atoms with van der Waals surface area (Å²) in [5.41, 5.74) is 0.705. The number of nitrogens with one attached hydrogen (secondary N) is 1. The summed E-state index contributed by atoms with van der Waals surface area (Å²) < 4.78 is 11.5. The van der Waals surface area contributed by atoms with Crippen molar-refractivity contribution in [3.8, 4) is 0 Å². The Kier molecular flexibility index (Phi) is 5.02. The van der Waals surface area contributed by atoms with Gasteiger partial charge in [-0.1, -0.05) is 6.07 Å². The molecule has 3 rings (SSSR count). The van der Waals surface area contributed by atoms with Gasteiger partial charge in [-0.2, -0.15) is 0 Å². The lowest BCUT2D eigenvalue weighted by atomic mass is 10.0. The number of hydrogen-bond donors (Lipinski definition) is 1. The Morgan fingerprint density at radius 1 is 1.45 bits per heavy atom. The maximum absolute atomic E-state index is 12.5. The highest BCUT2D eigenvalue weighted by atomic mass is 16.5. The molecule has 3 heterocycles. The first-order chi connectivity index (χ1) is 10.8. The van der Waals surface area contributed by atoms with Crippen LogP contribution >= 0.6 is 0 Å². The van der Waals surface area contributed by atoms with Gasteiger partial charge in [0.15, 0.2) is 0 Å². The summed E-state index contributed by atoms with van der Waals surface area (Å²) in [6, 6.07) is 3.90. The predicted molar refractivity (Wildman–Crippen MR) is 81.5 cm³/mol. The molecule has 1 aromatic rings. The largest absolute Gasteiger partial charge is 0.377 e. The molecule has 1 amide bonds. The molecule has 1 atom stereocenters. The van der Waals surface area contributed by atoms with Crippen LogP contribution in [0.2, 0.25) is 0 Å². The second kappa shape index (κ2) is 7.17. The molecule has 1 N–H and O–H groups in total. The third kappa shape index (κ3) is 3.82. The van der Waals surface area contributed by atoms with Crippen molar-refractivity contribution in [3.63, 3.8) is 0 Å². The van der Waals surface area contributed by atoms with Gasteiger partial charge in [0.2, 0.25) is 5.91 Å². The average Bonchev–Trinajstić information content (AvgIpc) is 2.79. The minimum absolute atomic E-state index is 0.177. The van der Waals surface area contributed by atoms with Crippen LogP contribution in [-0.2, 0) is 20.7 Å². The fraction of sp³-hybridized carbons (Fsp3) is 0.625. The molecular formula is C16H23N3O3. The Bertz CT molecular complexity index is 487. The zero-order valence-corrected chi connectivity index (χ0v) is 12.8. The molecule has 0 saturated carbocycles. The molecule has 0 aliphatic carbocycles. The molecule has 0 unspecified atom stereocenters. The zero-order valence-electron chi connectivity index (χ0n) is 12.8.